The van der Waals surface area contributed by atoms with Gasteiger partial charge in [-0.3, -0.25) is 13.6 Å². The fourth-order valence-corrected chi connectivity index (χ4v) is 3.83. The molecular formula is C22H26BF2N3. The minimum Gasteiger partial charge on any atom is -0.378 e. The van der Waals surface area contributed by atoms with Crippen molar-refractivity contribution in [2.45, 2.75) is 34.1 Å². The smallest absolute Gasteiger partial charge is 0.378 e. The number of nitrogens with zero attached hydrogens (tertiary/aromatic N) is 3. The van der Waals surface area contributed by atoms with Crippen LogP contribution in [0.15, 0.2) is 52.7 Å². The lowest BCUT2D eigenvalue weighted by Crippen LogP contribution is -2.18. The molecule has 0 radical (unpaired) electrons. The second-order valence-electron chi connectivity index (χ2n) is 7.61. The summed E-state index contributed by atoms with van der Waals surface area (Å²) >= 11 is 0. The van der Waals surface area contributed by atoms with Crippen LogP contribution >= 0.6 is 0 Å². The largest absolute Gasteiger partial charge is 0.677 e. The molecule has 0 atom stereocenters. The van der Waals surface area contributed by atoms with Crippen LogP contribution in [0.25, 0.3) is 5.57 Å². The molecule has 0 saturated carbocycles. The summed E-state index contributed by atoms with van der Waals surface area (Å²) in [6.45, 7) is 7.54. The van der Waals surface area contributed by atoms with Gasteiger partial charge in [-0.2, -0.15) is 0 Å². The van der Waals surface area contributed by atoms with Crippen LogP contribution in [-0.4, -0.2) is 31.7 Å². The maximum absolute atomic E-state index is 13.9. The molecule has 1 aromatic carbocycles. The van der Waals surface area contributed by atoms with Gasteiger partial charge in [-0.25, -0.2) is 0 Å². The van der Waals surface area contributed by atoms with Gasteiger partial charge in [-0.15, -0.1) is 0 Å². The number of aliphatic imine (C=N–C) groups is 1. The van der Waals surface area contributed by atoms with Crippen molar-refractivity contribution in [3.63, 3.8) is 0 Å². The lowest BCUT2D eigenvalue weighted by Gasteiger charge is -2.17. The molecule has 0 bridgehead atoms. The Bertz CT molecular complexity index is 980. The molecule has 1 aromatic heterocycles. The molecule has 1 aliphatic rings. The van der Waals surface area contributed by atoms with E-state index in [-0.39, 0.29) is 0 Å². The zero-order valence-corrected chi connectivity index (χ0v) is 17.3. The van der Waals surface area contributed by atoms with E-state index in [1.807, 2.05) is 64.0 Å². The van der Waals surface area contributed by atoms with Crippen molar-refractivity contribution < 1.29 is 8.63 Å². The number of rotatable bonds is 5. The molecule has 0 saturated heterocycles. The Kier molecular flexibility index (Phi) is 5.59. The summed E-state index contributed by atoms with van der Waals surface area (Å²) in [4.78, 5) is 6.71. The molecule has 146 valence electrons. The first-order valence-electron chi connectivity index (χ1n) is 9.39. The van der Waals surface area contributed by atoms with Gasteiger partial charge in [0, 0.05) is 48.9 Å². The Morgan fingerprint density at radius 3 is 2.21 bits per heavy atom. The van der Waals surface area contributed by atoms with Crippen molar-refractivity contribution in [3.8, 4) is 0 Å². The van der Waals surface area contributed by atoms with E-state index in [9.17, 15) is 8.63 Å². The molecule has 6 heteroatoms. The number of halogens is 2. The monoisotopic (exact) mass is 381 g/mol. The van der Waals surface area contributed by atoms with E-state index in [1.54, 1.807) is 6.92 Å². The van der Waals surface area contributed by atoms with Crippen molar-refractivity contribution >= 4 is 24.4 Å². The fourth-order valence-electron chi connectivity index (χ4n) is 3.83. The Hall–Kier alpha value is -2.63. The summed E-state index contributed by atoms with van der Waals surface area (Å²) in [5.74, 6) is 0. The van der Waals surface area contributed by atoms with Crippen LogP contribution < -0.4 is 4.90 Å². The van der Waals surface area contributed by atoms with Crippen molar-refractivity contribution in [2.24, 2.45) is 4.99 Å². The molecule has 0 N–H and O–H groups in total. The van der Waals surface area contributed by atoms with E-state index in [4.69, 9.17) is 0 Å². The zero-order chi connectivity index (χ0) is 20.6. The fraction of sp³-hybridized carbons (Fsp3) is 0.318. The van der Waals surface area contributed by atoms with Crippen LogP contribution in [0.1, 0.15) is 36.4 Å². The number of anilines is 1. The number of hydrogen-bond acceptors (Lipinski definition) is 2. The van der Waals surface area contributed by atoms with Crippen LogP contribution in [0.3, 0.4) is 0 Å². The van der Waals surface area contributed by atoms with Crippen LogP contribution in [0.4, 0.5) is 14.3 Å². The highest BCUT2D eigenvalue weighted by Gasteiger charge is 2.28. The summed E-state index contributed by atoms with van der Waals surface area (Å²) < 4.78 is 28.9. The quantitative estimate of drug-likeness (QED) is 0.643. The number of hydrogen-bond donors (Lipinski definition) is 0. The van der Waals surface area contributed by atoms with E-state index in [0.29, 0.717) is 17.8 Å². The summed E-state index contributed by atoms with van der Waals surface area (Å²) in [6, 6.07) is 10.0. The summed E-state index contributed by atoms with van der Waals surface area (Å²) in [6.07, 6.45) is 2.55. The first-order chi connectivity index (χ1) is 13.2. The molecule has 0 amide bonds. The Morgan fingerprint density at radius 1 is 1.07 bits per heavy atom. The number of aromatic nitrogens is 1. The predicted octanol–water partition coefficient (Wildman–Crippen LogP) is 5.32. The number of allylic oxidation sites excluding steroid dienone is 3. The van der Waals surface area contributed by atoms with Gasteiger partial charge >= 0.3 is 7.40 Å². The van der Waals surface area contributed by atoms with E-state index < -0.39 is 7.40 Å². The first kappa shape index (κ1) is 20.1. The second-order valence-corrected chi connectivity index (χ2v) is 7.61. The topological polar surface area (TPSA) is 20.5 Å². The minimum atomic E-state index is -2.59. The van der Waals surface area contributed by atoms with E-state index in [0.717, 1.165) is 43.8 Å². The molecule has 3 rings (SSSR count). The van der Waals surface area contributed by atoms with Gasteiger partial charge in [0.2, 0.25) is 0 Å². The van der Waals surface area contributed by atoms with Gasteiger partial charge < -0.3 is 9.38 Å². The van der Waals surface area contributed by atoms with Crippen LogP contribution in [0.5, 0.6) is 0 Å². The van der Waals surface area contributed by atoms with Crippen LogP contribution in [0, 0.1) is 13.8 Å². The molecule has 0 fully saturated rings. The highest BCUT2D eigenvalue weighted by Crippen LogP contribution is 2.35. The third kappa shape index (κ3) is 3.82. The zero-order valence-electron chi connectivity index (χ0n) is 17.3. The van der Waals surface area contributed by atoms with E-state index in [2.05, 4.69) is 17.1 Å². The average Bonchev–Trinajstić information content (AvgIpc) is 3.10. The molecule has 28 heavy (non-hydrogen) atoms. The molecule has 0 spiro atoms. The van der Waals surface area contributed by atoms with Gasteiger partial charge in [0.05, 0.1) is 5.70 Å². The van der Waals surface area contributed by atoms with Crippen molar-refractivity contribution in [1.29, 1.82) is 0 Å². The summed E-state index contributed by atoms with van der Waals surface area (Å²) in [7, 11) is 1.40. The molecule has 2 aromatic rings. The third-order valence-electron chi connectivity index (χ3n) is 5.11. The summed E-state index contributed by atoms with van der Waals surface area (Å²) in [5, 5.41) is 0. The lowest BCUT2D eigenvalue weighted by molar-refractivity contribution is 0.623. The van der Waals surface area contributed by atoms with E-state index >= 15 is 0 Å². The van der Waals surface area contributed by atoms with Crippen molar-refractivity contribution in [3.05, 3.63) is 70.2 Å². The molecule has 1 aliphatic heterocycles. The standard InChI is InChI=1S/C22H26BF2N3/c1-14-11-16(3)26-21(14)20(13-18-7-9-19(10-8-18)27(5)6)22-15(2)12-17(4)28(22)23(24)25/h7-12H,13H2,1-6H3/b21-20+. The maximum Gasteiger partial charge on any atom is 0.677 e. The highest BCUT2D eigenvalue weighted by atomic mass is 19.2. The minimum absolute atomic E-state index is 0.544. The van der Waals surface area contributed by atoms with Gasteiger partial charge in [-0.1, -0.05) is 12.1 Å². The first-order valence-corrected chi connectivity index (χ1v) is 9.39. The molecular weight excluding hydrogens is 355 g/mol. The van der Waals surface area contributed by atoms with Gasteiger partial charge in [0.1, 0.15) is 0 Å². The maximum atomic E-state index is 13.9. The SMILES string of the molecule is CC1=CC(C)=N/C1=C(\Cc1ccc(N(C)C)cc1)c1c(C)cc(C)n1B(F)F. The van der Waals surface area contributed by atoms with E-state index in [1.165, 1.54) is 0 Å². The average molecular weight is 381 g/mol. The van der Waals surface area contributed by atoms with Gasteiger partial charge in [0.15, 0.2) is 0 Å². The Labute approximate surface area is 166 Å². The number of benzene rings is 1. The van der Waals surface area contributed by atoms with Gasteiger partial charge in [0.25, 0.3) is 0 Å². The Balaban J connectivity index is 2.16. The van der Waals surface area contributed by atoms with Crippen molar-refractivity contribution in [1.82, 2.24) is 4.48 Å². The molecule has 0 aliphatic carbocycles. The summed E-state index contributed by atoms with van der Waals surface area (Å²) in [5.41, 5.74) is 7.71. The number of aryl methyl sites for hydroxylation is 2. The second kappa shape index (κ2) is 7.78. The molecule has 2 heterocycles. The Morgan fingerprint density at radius 2 is 1.71 bits per heavy atom. The molecule has 0 unspecified atom stereocenters. The molecule has 3 nitrogen and oxygen atoms in total. The third-order valence-corrected chi connectivity index (χ3v) is 5.11. The predicted molar refractivity (Wildman–Crippen MR) is 116 cm³/mol. The van der Waals surface area contributed by atoms with Crippen molar-refractivity contribution in [2.75, 3.05) is 19.0 Å². The highest BCUT2D eigenvalue weighted by molar-refractivity contribution is 6.41. The van der Waals surface area contributed by atoms with Crippen LogP contribution in [-0.2, 0) is 6.42 Å². The normalized spacial score (nSPS) is 15.4. The van der Waals surface area contributed by atoms with Crippen LogP contribution in [0.2, 0.25) is 0 Å². The lowest BCUT2D eigenvalue weighted by atomic mass is 9.95. The van der Waals surface area contributed by atoms with Gasteiger partial charge in [-0.05, 0) is 68.7 Å².